The number of imidazole rings is 1. The first-order valence-electron chi connectivity index (χ1n) is 11.1. The number of hydrogen-bond acceptors (Lipinski definition) is 8. The first kappa shape index (κ1) is 25.0. The molecular weight excluding hydrogens is 532 g/mol. The lowest BCUT2D eigenvalue weighted by Crippen LogP contribution is -2.20. The van der Waals surface area contributed by atoms with Crippen molar-refractivity contribution in [3.8, 4) is 11.3 Å². The standard InChI is InChI=1S/C23H22ClF2N5O3S2/c1-12-27-16(11-35-12)13-6-7-14(17(9-13)36(2,32)33)28-15-10-18(24)29-22-20(15)30-23(21(25)26)31(22)19-5-3-4-8-34-19/h6-7,9-11,19,21H,3-5,8H2,1-2H3,(H,28,29). The normalized spacial score (nSPS) is 16.7. The van der Waals surface area contributed by atoms with Crippen molar-refractivity contribution in [3.05, 3.63) is 45.6 Å². The van der Waals surface area contributed by atoms with Gasteiger partial charge in [0.2, 0.25) is 0 Å². The number of benzene rings is 1. The van der Waals surface area contributed by atoms with E-state index in [0.717, 1.165) is 24.1 Å². The fourth-order valence-corrected chi connectivity index (χ4v) is 5.91. The number of fused-ring (bicyclic) bond motifs is 1. The number of hydrogen-bond donors (Lipinski definition) is 1. The van der Waals surface area contributed by atoms with Crippen molar-refractivity contribution < 1.29 is 21.9 Å². The Bertz CT molecular complexity index is 1550. The summed E-state index contributed by atoms with van der Waals surface area (Å²) in [6.45, 7) is 2.31. The van der Waals surface area contributed by atoms with Gasteiger partial charge in [-0.25, -0.2) is 32.2 Å². The van der Waals surface area contributed by atoms with Crippen LogP contribution < -0.4 is 5.32 Å². The van der Waals surface area contributed by atoms with Crippen LogP contribution in [0.15, 0.2) is 34.5 Å². The lowest BCUT2D eigenvalue weighted by atomic mass is 10.1. The van der Waals surface area contributed by atoms with E-state index < -0.39 is 28.3 Å². The van der Waals surface area contributed by atoms with Crippen molar-refractivity contribution in [2.45, 2.75) is 43.7 Å². The van der Waals surface area contributed by atoms with E-state index in [9.17, 15) is 17.2 Å². The zero-order valence-electron chi connectivity index (χ0n) is 19.3. The van der Waals surface area contributed by atoms with E-state index >= 15 is 0 Å². The Kier molecular flexibility index (Phi) is 6.70. The second-order valence-corrected chi connectivity index (χ2v) is 11.9. The van der Waals surface area contributed by atoms with Gasteiger partial charge in [-0.1, -0.05) is 17.7 Å². The predicted octanol–water partition coefficient (Wildman–Crippen LogP) is 6.30. The first-order chi connectivity index (χ1) is 17.1. The Morgan fingerprint density at radius 2 is 2.00 bits per heavy atom. The number of thiazole rings is 1. The van der Waals surface area contributed by atoms with Crippen molar-refractivity contribution in [3.63, 3.8) is 0 Å². The number of aryl methyl sites for hydroxylation is 1. The highest BCUT2D eigenvalue weighted by atomic mass is 35.5. The van der Waals surface area contributed by atoms with Crippen molar-refractivity contribution in [2.75, 3.05) is 18.2 Å². The highest BCUT2D eigenvalue weighted by Crippen LogP contribution is 2.37. The van der Waals surface area contributed by atoms with Crippen LogP contribution in [0.1, 0.15) is 42.7 Å². The summed E-state index contributed by atoms with van der Waals surface area (Å²) in [5.41, 5.74) is 2.09. The molecule has 1 aromatic carbocycles. The van der Waals surface area contributed by atoms with E-state index in [-0.39, 0.29) is 32.6 Å². The molecule has 3 aromatic heterocycles. The third-order valence-corrected chi connectivity index (χ3v) is 7.95. The molecule has 0 saturated carbocycles. The van der Waals surface area contributed by atoms with Gasteiger partial charge in [0.15, 0.2) is 21.3 Å². The van der Waals surface area contributed by atoms with Gasteiger partial charge in [-0.3, -0.25) is 4.57 Å². The molecule has 0 amide bonds. The van der Waals surface area contributed by atoms with Gasteiger partial charge >= 0.3 is 0 Å². The maximum Gasteiger partial charge on any atom is 0.295 e. The van der Waals surface area contributed by atoms with Gasteiger partial charge < -0.3 is 10.1 Å². The summed E-state index contributed by atoms with van der Waals surface area (Å²) in [6.07, 6.45) is -0.205. The molecule has 4 heterocycles. The van der Waals surface area contributed by atoms with Gasteiger partial charge in [-0.15, -0.1) is 11.3 Å². The highest BCUT2D eigenvalue weighted by Gasteiger charge is 2.29. The van der Waals surface area contributed by atoms with Crippen molar-refractivity contribution in [1.29, 1.82) is 0 Å². The number of nitrogens with one attached hydrogen (secondary N) is 1. The summed E-state index contributed by atoms with van der Waals surface area (Å²) >= 11 is 7.74. The SMILES string of the molecule is Cc1nc(-c2ccc(Nc3cc(Cl)nc4c3nc(C(F)F)n4C3CCCCO3)c(S(C)(=O)=O)c2)cs1. The van der Waals surface area contributed by atoms with Crippen molar-refractivity contribution in [1.82, 2.24) is 19.5 Å². The van der Waals surface area contributed by atoms with Crippen LogP contribution in [0, 0.1) is 6.92 Å². The van der Waals surface area contributed by atoms with Crippen LogP contribution in [0.2, 0.25) is 5.15 Å². The molecule has 1 unspecified atom stereocenters. The maximum atomic E-state index is 14.0. The molecule has 1 saturated heterocycles. The maximum absolute atomic E-state index is 14.0. The Balaban J connectivity index is 1.64. The molecule has 1 aliphatic rings. The third kappa shape index (κ3) is 4.82. The zero-order valence-corrected chi connectivity index (χ0v) is 21.7. The van der Waals surface area contributed by atoms with Gasteiger partial charge in [0.25, 0.3) is 6.43 Å². The minimum atomic E-state index is -3.68. The summed E-state index contributed by atoms with van der Waals surface area (Å²) < 4.78 is 60.4. The van der Waals surface area contributed by atoms with E-state index in [4.69, 9.17) is 16.3 Å². The summed E-state index contributed by atoms with van der Waals surface area (Å²) in [5, 5.41) is 5.79. The van der Waals surface area contributed by atoms with E-state index in [1.807, 2.05) is 12.3 Å². The molecule has 1 aliphatic heterocycles. The van der Waals surface area contributed by atoms with Crippen LogP contribution in [-0.4, -0.2) is 40.8 Å². The van der Waals surface area contributed by atoms with Crippen LogP contribution in [-0.2, 0) is 14.6 Å². The lowest BCUT2D eigenvalue weighted by molar-refractivity contribution is -0.0363. The molecular formula is C23H22ClF2N5O3S2. The van der Waals surface area contributed by atoms with Crippen LogP contribution in [0.5, 0.6) is 0 Å². The third-order valence-electron chi connectivity index (χ3n) is 5.85. The summed E-state index contributed by atoms with van der Waals surface area (Å²) in [7, 11) is -3.68. The summed E-state index contributed by atoms with van der Waals surface area (Å²) in [6, 6.07) is 6.31. The molecule has 13 heteroatoms. The first-order valence-corrected chi connectivity index (χ1v) is 14.3. The predicted molar refractivity (Wildman–Crippen MR) is 135 cm³/mol. The average molecular weight is 554 g/mol. The molecule has 36 heavy (non-hydrogen) atoms. The number of pyridine rings is 1. The van der Waals surface area contributed by atoms with E-state index in [2.05, 4.69) is 20.3 Å². The number of ether oxygens (including phenoxy) is 1. The zero-order chi connectivity index (χ0) is 25.6. The molecule has 1 N–H and O–H groups in total. The molecule has 1 fully saturated rings. The number of nitrogens with zero attached hydrogens (tertiary/aromatic N) is 4. The largest absolute Gasteiger partial charge is 0.358 e. The minimum absolute atomic E-state index is 0.0240. The number of aromatic nitrogens is 4. The second-order valence-electron chi connectivity index (χ2n) is 8.49. The molecule has 5 rings (SSSR count). The Morgan fingerprint density at radius 3 is 2.64 bits per heavy atom. The number of halogens is 3. The number of anilines is 2. The Hall–Kier alpha value is -2.67. The molecule has 4 aromatic rings. The van der Waals surface area contributed by atoms with Crippen LogP contribution >= 0.6 is 22.9 Å². The van der Waals surface area contributed by atoms with Gasteiger partial charge in [0, 0.05) is 29.9 Å². The van der Waals surface area contributed by atoms with Crippen LogP contribution in [0.4, 0.5) is 20.2 Å². The van der Waals surface area contributed by atoms with Gasteiger partial charge in [0.1, 0.15) is 16.9 Å². The monoisotopic (exact) mass is 553 g/mol. The van der Waals surface area contributed by atoms with Crippen molar-refractivity contribution >= 4 is 55.3 Å². The topological polar surface area (TPSA) is 99.0 Å². The van der Waals surface area contributed by atoms with Gasteiger partial charge in [-0.2, -0.15) is 0 Å². The Labute approximate surface area is 215 Å². The molecule has 8 nitrogen and oxygen atoms in total. The van der Waals surface area contributed by atoms with Crippen LogP contribution in [0.25, 0.3) is 22.4 Å². The van der Waals surface area contributed by atoms with Crippen molar-refractivity contribution in [2.24, 2.45) is 0 Å². The summed E-state index contributed by atoms with van der Waals surface area (Å²) in [4.78, 5) is 12.9. The number of sulfone groups is 1. The molecule has 0 bridgehead atoms. The lowest BCUT2D eigenvalue weighted by Gasteiger charge is -2.25. The fraction of sp³-hybridized carbons (Fsp3) is 0.348. The molecule has 190 valence electrons. The number of rotatable bonds is 6. The molecule has 0 aliphatic carbocycles. The van der Waals surface area contributed by atoms with Gasteiger partial charge in [-0.05, 0) is 38.3 Å². The van der Waals surface area contributed by atoms with E-state index in [1.165, 1.54) is 28.0 Å². The average Bonchev–Trinajstić information content (AvgIpc) is 3.43. The molecule has 1 atom stereocenters. The molecule has 0 spiro atoms. The fourth-order valence-electron chi connectivity index (χ4n) is 4.24. The summed E-state index contributed by atoms with van der Waals surface area (Å²) in [5.74, 6) is -0.479. The highest BCUT2D eigenvalue weighted by molar-refractivity contribution is 7.90. The Morgan fingerprint density at radius 1 is 1.19 bits per heavy atom. The minimum Gasteiger partial charge on any atom is -0.358 e. The number of alkyl halides is 2. The van der Waals surface area contributed by atoms with Crippen LogP contribution in [0.3, 0.4) is 0 Å². The van der Waals surface area contributed by atoms with E-state index in [0.29, 0.717) is 24.3 Å². The van der Waals surface area contributed by atoms with Gasteiger partial charge in [0.05, 0.1) is 27.0 Å². The molecule has 0 radical (unpaired) electrons. The van der Waals surface area contributed by atoms with E-state index in [1.54, 1.807) is 12.1 Å². The second kappa shape index (κ2) is 9.66. The smallest absolute Gasteiger partial charge is 0.295 e. The quantitative estimate of drug-likeness (QED) is 0.280.